The van der Waals surface area contributed by atoms with Gasteiger partial charge < -0.3 is 11.1 Å². The van der Waals surface area contributed by atoms with Gasteiger partial charge in [-0.1, -0.05) is 19.1 Å². The summed E-state index contributed by atoms with van der Waals surface area (Å²) in [5.74, 6) is -0.234. The van der Waals surface area contributed by atoms with E-state index in [2.05, 4.69) is 15.5 Å². The summed E-state index contributed by atoms with van der Waals surface area (Å²) in [6, 6.07) is 1.70. The number of rotatable bonds is 4. The number of amides is 1. The standard InChI is InChI=1S/C12H18N4OS/c1-5-12(4,11(13)18)14-10(17)9-6-7(2)15-16-8(9)3/h6H,5H2,1-4H3,(H2,13,18)(H,14,17). The van der Waals surface area contributed by atoms with Crippen molar-refractivity contribution in [3.63, 3.8) is 0 Å². The van der Waals surface area contributed by atoms with E-state index < -0.39 is 5.54 Å². The molecule has 1 heterocycles. The van der Waals surface area contributed by atoms with Gasteiger partial charge in [-0.3, -0.25) is 4.79 Å². The Morgan fingerprint density at radius 3 is 2.61 bits per heavy atom. The number of carbonyl (C=O) groups excluding carboxylic acids is 1. The van der Waals surface area contributed by atoms with Crippen LogP contribution >= 0.6 is 12.2 Å². The first-order valence-corrected chi connectivity index (χ1v) is 6.14. The Labute approximate surface area is 112 Å². The van der Waals surface area contributed by atoms with Crippen LogP contribution in [0.2, 0.25) is 0 Å². The highest BCUT2D eigenvalue weighted by atomic mass is 32.1. The van der Waals surface area contributed by atoms with Gasteiger partial charge in [0.05, 0.1) is 27.5 Å². The lowest BCUT2D eigenvalue weighted by Gasteiger charge is -2.28. The molecular formula is C12H18N4OS. The van der Waals surface area contributed by atoms with E-state index in [0.29, 0.717) is 23.4 Å². The molecule has 1 atom stereocenters. The second kappa shape index (κ2) is 5.39. The molecule has 0 spiro atoms. The highest BCUT2D eigenvalue weighted by Gasteiger charge is 2.28. The number of aromatic nitrogens is 2. The average molecular weight is 266 g/mol. The maximum absolute atomic E-state index is 12.2. The minimum atomic E-state index is -0.684. The molecule has 18 heavy (non-hydrogen) atoms. The van der Waals surface area contributed by atoms with Gasteiger partial charge in [0, 0.05) is 0 Å². The summed E-state index contributed by atoms with van der Waals surface area (Å²) in [7, 11) is 0. The molecule has 0 saturated carbocycles. The molecule has 6 heteroatoms. The lowest BCUT2D eigenvalue weighted by Crippen LogP contribution is -2.54. The molecule has 0 aliphatic carbocycles. The quantitative estimate of drug-likeness (QED) is 0.802. The fraction of sp³-hybridized carbons (Fsp3) is 0.500. The molecule has 0 aromatic carbocycles. The minimum absolute atomic E-state index is 0.234. The van der Waals surface area contributed by atoms with Gasteiger partial charge in [0.15, 0.2) is 0 Å². The van der Waals surface area contributed by atoms with E-state index >= 15 is 0 Å². The number of nitrogens with zero attached hydrogens (tertiary/aromatic N) is 2. The molecule has 0 aliphatic heterocycles. The Morgan fingerprint density at radius 2 is 2.11 bits per heavy atom. The summed E-state index contributed by atoms with van der Waals surface area (Å²) >= 11 is 4.99. The normalized spacial score (nSPS) is 13.8. The van der Waals surface area contributed by atoms with E-state index in [1.165, 1.54) is 0 Å². The Morgan fingerprint density at radius 1 is 1.50 bits per heavy atom. The SMILES string of the molecule is CCC(C)(NC(=O)c1cc(C)nnc1C)C(N)=S. The van der Waals surface area contributed by atoms with Gasteiger partial charge in [-0.05, 0) is 33.3 Å². The van der Waals surface area contributed by atoms with Crippen LogP contribution in [-0.4, -0.2) is 26.6 Å². The minimum Gasteiger partial charge on any atom is -0.391 e. The van der Waals surface area contributed by atoms with Gasteiger partial charge in [0.2, 0.25) is 0 Å². The topological polar surface area (TPSA) is 80.9 Å². The van der Waals surface area contributed by atoms with Gasteiger partial charge in [-0.15, -0.1) is 0 Å². The highest BCUT2D eigenvalue weighted by molar-refractivity contribution is 7.80. The van der Waals surface area contributed by atoms with Crippen LogP contribution in [0.25, 0.3) is 0 Å². The number of aryl methyl sites for hydroxylation is 2. The Hall–Kier alpha value is -1.56. The van der Waals surface area contributed by atoms with Crippen molar-refractivity contribution < 1.29 is 4.79 Å². The smallest absolute Gasteiger partial charge is 0.254 e. The third-order valence-electron chi connectivity index (χ3n) is 2.99. The third kappa shape index (κ3) is 3.01. The van der Waals surface area contributed by atoms with E-state index in [-0.39, 0.29) is 10.9 Å². The molecule has 0 saturated heterocycles. The number of carbonyl (C=O) groups is 1. The molecule has 0 aliphatic rings. The zero-order chi connectivity index (χ0) is 13.9. The first kappa shape index (κ1) is 14.5. The fourth-order valence-electron chi connectivity index (χ4n) is 1.42. The monoisotopic (exact) mass is 266 g/mol. The average Bonchev–Trinajstić information content (AvgIpc) is 2.31. The molecule has 0 bridgehead atoms. The summed E-state index contributed by atoms with van der Waals surface area (Å²) < 4.78 is 0. The van der Waals surface area contributed by atoms with Crippen LogP contribution in [0.3, 0.4) is 0 Å². The van der Waals surface area contributed by atoms with E-state index in [1.54, 1.807) is 19.9 Å². The van der Waals surface area contributed by atoms with Crippen molar-refractivity contribution in [2.24, 2.45) is 5.73 Å². The predicted octanol–water partition coefficient (Wildman–Crippen LogP) is 1.28. The maximum Gasteiger partial charge on any atom is 0.254 e. The Kier molecular flexibility index (Phi) is 4.34. The molecule has 0 fully saturated rings. The number of nitrogens with one attached hydrogen (secondary N) is 1. The molecule has 0 radical (unpaired) electrons. The van der Waals surface area contributed by atoms with E-state index in [1.807, 2.05) is 13.8 Å². The van der Waals surface area contributed by atoms with Gasteiger partial charge in [-0.2, -0.15) is 10.2 Å². The molecule has 1 aromatic heterocycles. The summed E-state index contributed by atoms with van der Waals surface area (Å²) in [6.07, 6.45) is 0.630. The van der Waals surface area contributed by atoms with Crippen molar-refractivity contribution >= 4 is 23.1 Å². The van der Waals surface area contributed by atoms with Crippen molar-refractivity contribution in [2.45, 2.75) is 39.7 Å². The van der Waals surface area contributed by atoms with Crippen molar-refractivity contribution in [2.75, 3.05) is 0 Å². The van der Waals surface area contributed by atoms with Crippen molar-refractivity contribution in [1.29, 1.82) is 0 Å². The fourth-order valence-corrected chi connectivity index (χ4v) is 1.62. The Bertz CT molecular complexity index is 489. The van der Waals surface area contributed by atoms with Crippen LogP contribution in [0, 0.1) is 13.8 Å². The second-order valence-corrected chi connectivity index (χ2v) is 4.93. The van der Waals surface area contributed by atoms with E-state index in [9.17, 15) is 4.79 Å². The van der Waals surface area contributed by atoms with E-state index in [0.717, 1.165) is 0 Å². The maximum atomic E-state index is 12.2. The molecular weight excluding hydrogens is 248 g/mol. The summed E-state index contributed by atoms with van der Waals surface area (Å²) in [6.45, 7) is 7.26. The molecule has 5 nitrogen and oxygen atoms in total. The highest BCUT2D eigenvalue weighted by Crippen LogP contribution is 2.13. The summed E-state index contributed by atoms with van der Waals surface area (Å²) in [5, 5.41) is 10.7. The number of hydrogen-bond acceptors (Lipinski definition) is 4. The van der Waals surface area contributed by atoms with Crippen LogP contribution in [0.1, 0.15) is 42.0 Å². The predicted molar refractivity (Wildman–Crippen MR) is 74.5 cm³/mol. The molecule has 1 unspecified atom stereocenters. The molecule has 3 N–H and O–H groups in total. The van der Waals surface area contributed by atoms with Gasteiger partial charge in [0.1, 0.15) is 0 Å². The lowest BCUT2D eigenvalue weighted by atomic mass is 9.98. The van der Waals surface area contributed by atoms with Gasteiger partial charge in [0.25, 0.3) is 5.91 Å². The van der Waals surface area contributed by atoms with Crippen molar-refractivity contribution in [3.05, 3.63) is 23.0 Å². The summed E-state index contributed by atoms with van der Waals surface area (Å²) in [5.41, 5.74) is 6.76. The van der Waals surface area contributed by atoms with Crippen molar-refractivity contribution in [3.8, 4) is 0 Å². The van der Waals surface area contributed by atoms with Crippen LogP contribution < -0.4 is 11.1 Å². The van der Waals surface area contributed by atoms with Crippen LogP contribution in [-0.2, 0) is 0 Å². The second-order valence-electron chi connectivity index (χ2n) is 4.49. The molecule has 1 aromatic rings. The number of thiocarbonyl (C=S) groups is 1. The first-order chi connectivity index (χ1) is 8.30. The first-order valence-electron chi connectivity index (χ1n) is 5.73. The van der Waals surface area contributed by atoms with E-state index in [4.69, 9.17) is 18.0 Å². The zero-order valence-corrected chi connectivity index (χ0v) is 11.9. The molecule has 1 amide bonds. The Balaban J connectivity index is 3.02. The third-order valence-corrected chi connectivity index (χ3v) is 3.44. The lowest BCUT2D eigenvalue weighted by molar-refractivity contribution is 0.0925. The molecule has 98 valence electrons. The van der Waals surface area contributed by atoms with Crippen LogP contribution in [0.5, 0.6) is 0 Å². The van der Waals surface area contributed by atoms with Gasteiger partial charge >= 0.3 is 0 Å². The van der Waals surface area contributed by atoms with Crippen molar-refractivity contribution in [1.82, 2.24) is 15.5 Å². The largest absolute Gasteiger partial charge is 0.391 e. The number of nitrogens with two attached hydrogens (primary N) is 1. The number of hydrogen-bond donors (Lipinski definition) is 2. The zero-order valence-electron chi connectivity index (χ0n) is 11.1. The van der Waals surface area contributed by atoms with Crippen LogP contribution in [0.15, 0.2) is 6.07 Å². The summed E-state index contributed by atoms with van der Waals surface area (Å²) in [4.78, 5) is 12.5. The molecule has 1 rings (SSSR count). The van der Waals surface area contributed by atoms with Crippen LogP contribution in [0.4, 0.5) is 0 Å². The van der Waals surface area contributed by atoms with Gasteiger partial charge in [-0.25, -0.2) is 0 Å².